The molecule has 8 heterocycles. The average Bonchev–Trinajstić information content (AvgIpc) is 4.06. The number of piperazine rings is 2. The number of halogens is 3. The summed E-state index contributed by atoms with van der Waals surface area (Å²) in [7, 11) is 0. The van der Waals surface area contributed by atoms with Crippen LogP contribution in [0.5, 0.6) is 11.8 Å². The zero-order valence-electron chi connectivity index (χ0n) is 38.5. The topological polar surface area (TPSA) is 139 Å². The van der Waals surface area contributed by atoms with E-state index in [2.05, 4.69) is 52.9 Å². The number of phenolic OH excluding ortho intramolecular Hbond substituents is 1. The van der Waals surface area contributed by atoms with Crippen LogP contribution in [0.4, 0.5) is 24.8 Å². The summed E-state index contributed by atoms with van der Waals surface area (Å²) in [6.45, 7) is 13.3. The third kappa shape index (κ3) is 8.95. The Morgan fingerprint density at radius 1 is 1.00 bits per heavy atom. The van der Waals surface area contributed by atoms with Crippen LogP contribution in [0.15, 0.2) is 41.1 Å². The van der Waals surface area contributed by atoms with E-state index in [-0.39, 0.29) is 82.0 Å². The van der Waals surface area contributed by atoms with Gasteiger partial charge < -0.3 is 34.4 Å². The monoisotopic (exact) mass is 920 g/mol. The smallest absolute Gasteiger partial charge is 0.319 e. The Balaban J connectivity index is 0.780. The Labute approximate surface area is 388 Å². The van der Waals surface area contributed by atoms with Gasteiger partial charge in [-0.2, -0.15) is 9.97 Å². The van der Waals surface area contributed by atoms with Gasteiger partial charge in [-0.15, -0.1) is 6.42 Å². The lowest BCUT2D eigenvalue weighted by atomic mass is 9.91. The molecule has 354 valence electrons. The average molecular weight is 921 g/mol. The number of amides is 1. The molecule has 2 bridgehead atoms. The van der Waals surface area contributed by atoms with E-state index in [1.165, 1.54) is 30.5 Å². The second kappa shape index (κ2) is 18.4. The molecule has 0 aliphatic carbocycles. The van der Waals surface area contributed by atoms with Crippen LogP contribution in [0, 0.1) is 29.9 Å². The largest absolute Gasteiger partial charge is 0.508 e. The summed E-state index contributed by atoms with van der Waals surface area (Å²) in [4.78, 5) is 38.1. The summed E-state index contributed by atoms with van der Waals surface area (Å²) in [5.74, 6) is 2.46. The van der Waals surface area contributed by atoms with Crippen LogP contribution in [0.3, 0.4) is 0 Å². The first kappa shape index (κ1) is 45.1. The molecule has 17 heteroatoms. The van der Waals surface area contributed by atoms with Gasteiger partial charge in [-0.3, -0.25) is 19.6 Å². The van der Waals surface area contributed by atoms with E-state index < -0.39 is 17.3 Å². The number of fused-ring (bicyclic) bond motifs is 4. The molecule has 67 heavy (non-hydrogen) atoms. The second-order valence-electron chi connectivity index (χ2n) is 19.7. The van der Waals surface area contributed by atoms with E-state index in [0.29, 0.717) is 101 Å². The molecule has 5 fully saturated rings. The fraction of sp³-hybridized carbons (Fsp3) is 0.540. The van der Waals surface area contributed by atoms with Crippen molar-refractivity contribution in [2.24, 2.45) is 5.92 Å². The molecule has 4 atom stereocenters. The SMILES string of the molecule is C#Cc1c(F)ccc2cc(O)cc(-c3ncc4c(N5CC6CCC(C5)N6)nc(OCCN5CCC(F)(CN6CCN(c7cc(C(C(=O)N8CCCC8C)C(C)C)on7)CC6)CC5)nc4c3F)c12. The van der Waals surface area contributed by atoms with Crippen LogP contribution in [0.2, 0.25) is 0 Å². The Kier molecular flexibility index (Phi) is 12.4. The highest BCUT2D eigenvalue weighted by atomic mass is 19.1. The highest BCUT2D eigenvalue weighted by Gasteiger charge is 2.39. The van der Waals surface area contributed by atoms with Gasteiger partial charge in [-0.05, 0) is 75.0 Å². The number of rotatable bonds is 12. The van der Waals surface area contributed by atoms with Crippen LogP contribution < -0.4 is 19.9 Å². The van der Waals surface area contributed by atoms with Crippen molar-refractivity contribution in [1.82, 2.24) is 40.1 Å². The fourth-order valence-corrected chi connectivity index (χ4v) is 11.1. The van der Waals surface area contributed by atoms with Crippen LogP contribution in [0.1, 0.15) is 76.5 Å². The van der Waals surface area contributed by atoms with Crippen molar-refractivity contribution in [2.45, 2.75) is 89.0 Å². The van der Waals surface area contributed by atoms with E-state index in [1.807, 2.05) is 24.8 Å². The molecule has 4 unspecified atom stereocenters. The Morgan fingerprint density at radius 3 is 2.46 bits per heavy atom. The van der Waals surface area contributed by atoms with Crippen LogP contribution in [-0.2, 0) is 4.79 Å². The summed E-state index contributed by atoms with van der Waals surface area (Å²) in [5.41, 5.74) is -1.41. The number of pyridine rings is 1. The molecule has 1 amide bonds. The molecule has 2 aromatic carbocycles. The van der Waals surface area contributed by atoms with E-state index in [1.54, 1.807) is 0 Å². The molecule has 0 radical (unpaired) electrons. The maximum atomic E-state index is 17.0. The number of likely N-dealkylation sites (tertiary alicyclic amines) is 2. The molecule has 0 saturated carbocycles. The van der Waals surface area contributed by atoms with Gasteiger partial charge >= 0.3 is 6.01 Å². The third-order valence-electron chi connectivity index (χ3n) is 14.8. The fourth-order valence-electron chi connectivity index (χ4n) is 11.1. The predicted molar refractivity (Wildman–Crippen MR) is 250 cm³/mol. The van der Waals surface area contributed by atoms with E-state index >= 15 is 8.78 Å². The summed E-state index contributed by atoms with van der Waals surface area (Å²) < 4.78 is 60.4. The van der Waals surface area contributed by atoms with Crippen LogP contribution in [-0.4, -0.2) is 148 Å². The molecule has 5 aromatic rings. The summed E-state index contributed by atoms with van der Waals surface area (Å²) >= 11 is 0. The molecule has 0 spiro atoms. The van der Waals surface area contributed by atoms with Crippen molar-refractivity contribution in [1.29, 1.82) is 0 Å². The van der Waals surface area contributed by atoms with Crippen molar-refractivity contribution < 1.29 is 32.3 Å². The zero-order valence-corrected chi connectivity index (χ0v) is 38.5. The first-order valence-corrected chi connectivity index (χ1v) is 23.9. The first-order valence-electron chi connectivity index (χ1n) is 23.9. The van der Waals surface area contributed by atoms with Crippen LogP contribution >= 0.6 is 0 Å². The quantitative estimate of drug-likeness (QED) is 0.132. The molecule has 5 saturated heterocycles. The Morgan fingerprint density at radius 2 is 1.76 bits per heavy atom. The Hall–Kier alpha value is -5.70. The van der Waals surface area contributed by atoms with Crippen molar-refractivity contribution in [3.05, 3.63) is 59.5 Å². The van der Waals surface area contributed by atoms with Gasteiger partial charge in [0.1, 0.15) is 46.8 Å². The number of alkyl halides is 1. The van der Waals surface area contributed by atoms with Crippen molar-refractivity contribution in [3.8, 4) is 35.4 Å². The maximum Gasteiger partial charge on any atom is 0.319 e. The lowest BCUT2D eigenvalue weighted by molar-refractivity contribution is -0.134. The number of nitrogens with one attached hydrogen (secondary N) is 1. The van der Waals surface area contributed by atoms with Crippen LogP contribution in [0.25, 0.3) is 32.9 Å². The molecule has 3 aromatic heterocycles. The number of hydrogen-bond donors (Lipinski definition) is 2. The highest BCUT2D eigenvalue weighted by Crippen LogP contribution is 2.40. The summed E-state index contributed by atoms with van der Waals surface area (Å²) in [6, 6.07) is 8.17. The molecular formula is C50H59F3N10O4. The van der Waals surface area contributed by atoms with Gasteiger partial charge in [-0.1, -0.05) is 31.0 Å². The van der Waals surface area contributed by atoms with Gasteiger partial charge in [0.05, 0.1) is 10.9 Å². The van der Waals surface area contributed by atoms with Crippen molar-refractivity contribution in [3.63, 3.8) is 0 Å². The van der Waals surface area contributed by atoms with Gasteiger partial charge in [0.15, 0.2) is 17.4 Å². The molecule has 10 rings (SSSR count). The minimum absolute atomic E-state index is 0.00308. The van der Waals surface area contributed by atoms with E-state index in [0.717, 1.165) is 38.0 Å². The highest BCUT2D eigenvalue weighted by molar-refractivity contribution is 6.03. The predicted octanol–water partition coefficient (Wildman–Crippen LogP) is 6.49. The second-order valence-corrected chi connectivity index (χ2v) is 19.7. The summed E-state index contributed by atoms with van der Waals surface area (Å²) in [6.07, 6.45) is 12.1. The number of carbonyl (C=O) groups excluding carboxylic acids is 1. The minimum Gasteiger partial charge on any atom is -0.508 e. The number of hydrogen-bond acceptors (Lipinski definition) is 13. The maximum absolute atomic E-state index is 17.0. The normalized spacial score (nSPS) is 22.8. The number of carbonyl (C=O) groups is 1. The number of aromatic hydroxyl groups is 1. The number of piperidine rings is 1. The van der Waals surface area contributed by atoms with Gasteiger partial charge in [0.25, 0.3) is 0 Å². The number of benzene rings is 2. The number of ether oxygens (including phenoxy) is 1. The minimum atomic E-state index is -1.33. The zero-order chi connectivity index (χ0) is 46.6. The number of terminal acetylenes is 1. The first-order chi connectivity index (χ1) is 32.3. The van der Waals surface area contributed by atoms with E-state index in [4.69, 9.17) is 20.7 Å². The van der Waals surface area contributed by atoms with Crippen molar-refractivity contribution >= 4 is 39.2 Å². The van der Waals surface area contributed by atoms with Gasteiger partial charge in [0.2, 0.25) is 5.91 Å². The molecule has 5 aliphatic heterocycles. The molecular weight excluding hydrogens is 862 g/mol. The summed E-state index contributed by atoms with van der Waals surface area (Å²) in [5, 5.41) is 19.8. The van der Waals surface area contributed by atoms with Gasteiger partial charge in [-0.25, -0.2) is 13.2 Å². The number of anilines is 2. The van der Waals surface area contributed by atoms with E-state index in [9.17, 15) is 14.3 Å². The molecule has 5 aliphatic rings. The standard InChI is InChI=1S/C50H59F3N10O4/c1-5-36-39(51)11-8-32-23-35(64)24-37(43(32)36)45-44(52)46-38(26-54-45)47(62-27-33-9-10-34(28-62)55-33)57-49(56-46)66-22-21-59-15-12-50(53,13-16-59)29-60-17-19-61(20-18-60)41-25-40(67-58-41)42(30(2)3)48(65)63-14-6-7-31(63)4/h1,8,11,23-26,30-31,33-34,42,55,64H,6-7,9-10,12-22,27-29H2,2-4H3. The third-order valence-corrected chi connectivity index (χ3v) is 14.8. The lowest BCUT2D eigenvalue weighted by Crippen LogP contribution is -2.53. The number of aromatic nitrogens is 4. The molecule has 14 nitrogen and oxygen atoms in total. The number of phenols is 1. The lowest BCUT2D eigenvalue weighted by Gasteiger charge is -2.41. The Bertz CT molecular complexity index is 2680. The molecule has 2 N–H and O–H groups in total. The van der Waals surface area contributed by atoms with Crippen molar-refractivity contribution in [2.75, 3.05) is 88.4 Å². The number of nitrogens with zero attached hydrogens (tertiary/aromatic N) is 9. The van der Waals surface area contributed by atoms with Gasteiger partial charge in [0, 0.05) is 113 Å².